The highest BCUT2D eigenvalue weighted by atomic mass is 32.1. The molecule has 1 aliphatic heterocycles. The van der Waals surface area contributed by atoms with Crippen molar-refractivity contribution >= 4 is 35.1 Å². The zero-order valence-electron chi connectivity index (χ0n) is 13.6. The smallest absolute Gasteiger partial charge is 0.266 e. The number of amides is 2. The van der Waals surface area contributed by atoms with Crippen molar-refractivity contribution < 1.29 is 14.0 Å². The van der Waals surface area contributed by atoms with Gasteiger partial charge in [-0.1, -0.05) is 6.92 Å². The first-order valence-corrected chi connectivity index (χ1v) is 8.69. The van der Waals surface area contributed by atoms with Crippen LogP contribution in [-0.2, 0) is 4.79 Å². The predicted octanol–water partition coefficient (Wildman–Crippen LogP) is 2.87. The Morgan fingerprint density at radius 1 is 1.38 bits per heavy atom. The number of benzene rings is 1. The topological polar surface area (TPSA) is 78.3 Å². The molecule has 0 atom stereocenters. The normalized spacial score (nSPS) is 15.6. The van der Waals surface area contributed by atoms with Gasteiger partial charge in [0.25, 0.3) is 10.7 Å². The van der Waals surface area contributed by atoms with E-state index in [1.807, 2.05) is 6.92 Å². The number of hydrogen-bond acceptors (Lipinski definition) is 4. The number of nitrogens with one attached hydrogen (secondary N) is 2. The lowest BCUT2D eigenvalue weighted by molar-refractivity contribution is -0.126. The average Bonchev–Trinajstić information content (AvgIpc) is 2.98. The summed E-state index contributed by atoms with van der Waals surface area (Å²) in [5.41, 5.74) is 1.94. The second kappa shape index (κ2) is 7.17. The van der Waals surface area contributed by atoms with E-state index < -0.39 is 0 Å². The first-order valence-electron chi connectivity index (χ1n) is 8.28. The van der Waals surface area contributed by atoms with Crippen molar-refractivity contribution in [2.75, 3.05) is 19.6 Å². The minimum Gasteiger partial charge on any atom is -0.429 e. The number of aromatic nitrogens is 1. The third kappa shape index (κ3) is 3.51. The van der Waals surface area contributed by atoms with Crippen LogP contribution in [0, 0.1) is 10.8 Å². The maximum Gasteiger partial charge on any atom is 0.266 e. The molecule has 3 rings (SSSR count). The first-order chi connectivity index (χ1) is 11.6. The van der Waals surface area contributed by atoms with Gasteiger partial charge in [0, 0.05) is 31.1 Å². The highest BCUT2D eigenvalue weighted by molar-refractivity contribution is 7.71. The number of oxazole rings is 1. The molecule has 1 aromatic heterocycles. The van der Waals surface area contributed by atoms with Crippen LogP contribution in [0.3, 0.4) is 0 Å². The summed E-state index contributed by atoms with van der Waals surface area (Å²) in [5.74, 6) is 0.0756. The zero-order chi connectivity index (χ0) is 17.1. The van der Waals surface area contributed by atoms with E-state index in [2.05, 4.69) is 10.3 Å². The maximum absolute atomic E-state index is 12.6. The summed E-state index contributed by atoms with van der Waals surface area (Å²) in [4.78, 5) is 29.7. The average molecular weight is 347 g/mol. The molecule has 2 heterocycles. The van der Waals surface area contributed by atoms with Gasteiger partial charge in [0.2, 0.25) is 5.91 Å². The molecule has 128 valence electrons. The summed E-state index contributed by atoms with van der Waals surface area (Å²) in [7, 11) is 0. The molecule has 0 bridgehead atoms. The van der Waals surface area contributed by atoms with Crippen molar-refractivity contribution in [1.82, 2.24) is 15.2 Å². The van der Waals surface area contributed by atoms with Crippen LogP contribution in [0.5, 0.6) is 0 Å². The molecule has 1 aromatic carbocycles. The highest BCUT2D eigenvalue weighted by Gasteiger charge is 2.27. The van der Waals surface area contributed by atoms with Crippen molar-refractivity contribution in [2.45, 2.75) is 26.2 Å². The van der Waals surface area contributed by atoms with Crippen molar-refractivity contribution in [3.05, 3.63) is 28.6 Å². The van der Waals surface area contributed by atoms with Gasteiger partial charge in [-0.25, -0.2) is 0 Å². The van der Waals surface area contributed by atoms with Crippen LogP contribution in [0.1, 0.15) is 36.5 Å². The molecule has 2 amide bonds. The molecule has 7 heteroatoms. The minimum atomic E-state index is -0.0355. The number of H-pyrrole nitrogens is 1. The zero-order valence-corrected chi connectivity index (χ0v) is 14.4. The van der Waals surface area contributed by atoms with E-state index >= 15 is 0 Å². The molecule has 2 aromatic rings. The summed E-state index contributed by atoms with van der Waals surface area (Å²) in [6.07, 6.45) is 2.34. The van der Waals surface area contributed by atoms with Gasteiger partial charge >= 0.3 is 0 Å². The fourth-order valence-electron chi connectivity index (χ4n) is 3.00. The van der Waals surface area contributed by atoms with Crippen molar-refractivity contribution in [1.29, 1.82) is 0 Å². The largest absolute Gasteiger partial charge is 0.429 e. The van der Waals surface area contributed by atoms with Gasteiger partial charge in [-0.2, -0.15) is 0 Å². The number of carbonyl (C=O) groups excluding carboxylic acids is 2. The number of likely N-dealkylation sites (tertiary alicyclic amines) is 1. The molecule has 0 aliphatic carbocycles. The number of fused-ring (bicyclic) bond motifs is 1. The van der Waals surface area contributed by atoms with E-state index in [9.17, 15) is 9.59 Å². The first kappa shape index (κ1) is 16.7. The Morgan fingerprint density at radius 3 is 2.83 bits per heavy atom. The Kier molecular flexibility index (Phi) is 4.99. The lowest BCUT2D eigenvalue weighted by atomic mass is 9.95. The van der Waals surface area contributed by atoms with Crippen molar-refractivity contribution in [3.63, 3.8) is 0 Å². The Hall–Kier alpha value is -2.15. The van der Waals surface area contributed by atoms with Crippen LogP contribution >= 0.6 is 12.2 Å². The van der Waals surface area contributed by atoms with Crippen LogP contribution < -0.4 is 5.32 Å². The Morgan fingerprint density at radius 2 is 2.12 bits per heavy atom. The molecule has 24 heavy (non-hydrogen) atoms. The number of piperidine rings is 1. The second-order valence-electron chi connectivity index (χ2n) is 6.08. The van der Waals surface area contributed by atoms with E-state index in [1.165, 1.54) is 0 Å². The number of hydrogen-bond donors (Lipinski definition) is 2. The highest BCUT2D eigenvalue weighted by Crippen LogP contribution is 2.21. The van der Waals surface area contributed by atoms with Crippen LogP contribution in [0.15, 0.2) is 22.6 Å². The van der Waals surface area contributed by atoms with Crippen molar-refractivity contribution in [3.8, 4) is 0 Å². The van der Waals surface area contributed by atoms with Gasteiger partial charge < -0.3 is 19.6 Å². The molecule has 0 spiro atoms. The van der Waals surface area contributed by atoms with Gasteiger partial charge in [0.05, 0.1) is 5.52 Å². The number of rotatable bonds is 4. The quantitative estimate of drug-likeness (QED) is 0.834. The van der Waals surface area contributed by atoms with Gasteiger partial charge in [0.1, 0.15) is 0 Å². The standard InChI is InChI=1S/C17H21N3O3S/c1-2-7-18-15(21)11-5-8-20(9-6-11)16(22)12-3-4-13-14(10-12)23-17(24)19-13/h3-4,10-11H,2,5-9H2,1H3,(H,18,21)(H,19,24). The fraction of sp³-hybridized carbons (Fsp3) is 0.471. The van der Waals surface area contributed by atoms with E-state index in [0.29, 0.717) is 48.5 Å². The summed E-state index contributed by atoms with van der Waals surface area (Å²) >= 11 is 4.96. The summed E-state index contributed by atoms with van der Waals surface area (Å²) in [6, 6.07) is 5.28. The summed E-state index contributed by atoms with van der Waals surface area (Å²) in [6.45, 7) is 3.93. The number of aromatic amines is 1. The molecule has 0 saturated carbocycles. The molecule has 0 unspecified atom stereocenters. The summed E-state index contributed by atoms with van der Waals surface area (Å²) < 4.78 is 5.37. The van der Waals surface area contributed by atoms with E-state index in [0.717, 1.165) is 11.9 Å². The molecule has 1 saturated heterocycles. The van der Waals surface area contributed by atoms with Gasteiger partial charge in [0.15, 0.2) is 5.58 Å². The fourth-order valence-corrected chi connectivity index (χ4v) is 3.20. The van der Waals surface area contributed by atoms with E-state index in [1.54, 1.807) is 23.1 Å². The molecular weight excluding hydrogens is 326 g/mol. The molecule has 1 fully saturated rings. The Balaban J connectivity index is 1.63. The van der Waals surface area contributed by atoms with Gasteiger partial charge in [-0.15, -0.1) is 0 Å². The molecule has 0 radical (unpaired) electrons. The van der Waals surface area contributed by atoms with Crippen LogP contribution in [0.4, 0.5) is 0 Å². The number of carbonyl (C=O) groups is 2. The van der Waals surface area contributed by atoms with Crippen molar-refractivity contribution in [2.24, 2.45) is 5.92 Å². The minimum absolute atomic E-state index is 0.00512. The SMILES string of the molecule is CCCNC(=O)C1CCN(C(=O)c2ccc3[nH]c(=S)oc3c2)CC1. The lowest BCUT2D eigenvalue weighted by Crippen LogP contribution is -2.43. The van der Waals surface area contributed by atoms with E-state index in [-0.39, 0.29) is 17.7 Å². The number of nitrogens with zero attached hydrogens (tertiary/aromatic N) is 1. The van der Waals surface area contributed by atoms with E-state index in [4.69, 9.17) is 16.6 Å². The van der Waals surface area contributed by atoms with Crippen LogP contribution in [-0.4, -0.2) is 41.3 Å². The molecule has 6 nitrogen and oxygen atoms in total. The third-order valence-electron chi connectivity index (χ3n) is 4.37. The predicted molar refractivity (Wildman–Crippen MR) is 93.3 cm³/mol. The summed E-state index contributed by atoms with van der Waals surface area (Å²) in [5, 5.41) is 2.93. The van der Waals surface area contributed by atoms with Gasteiger partial charge in [-0.3, -0.25) is 9.59 Å². The Labute approximate surface area is 145 Å². The lowest BCUT2D eigenvalue weighted by Gasteiger charge is -2.31. The molecular formula is C17H21N3O3S. The van der Waals surface area contributed by atoms with Crippen LogP contribution in [0.2, 0.25) is 0 Å². The van der Waals surface area contributed by atoms with Crippen LogP contribution in [0.25, 0.3) is 11.1 Å². The maximum atomic E-state index is 12.6. The molecule has 1 aliphatic rings. The Bertz CT molecular complexity index is 803. The second-order valence-corrected chi connectivity index (χ2v) is 6.45. The van der Waals surface area contributed by atoms with Gasteiger partial charge in [-0.05, 0) is 49.7 Å². The monoisotopic (exact) mass is 347 g/mol. The molecule has 2 N–H and O–H groups in total. The third-order valence-corrected chi connectivity index (χ3v) is 4.56.